The lowest BCUT2D eigenvalue weighted by Crippen LogP contribution is -2.36. The van der Waals surface area contributed by atoms with Crippen LogP contribution in [0.1, 0.15) is 12.0 Å². The normalized spacial score (nSPS) is 12.9. The average molecular weight is 371 g/mol. The summed E-state index contributed by atoms with van der Waals surface area (Å²) < 4.78 is 0. The van der Waals surface area contributed by atoms with Crippen LogP contribution in [0.5, 0.6) is 0 Å². The number of urea groups is 1. The van der Waals surface area contributed by atoms with E-state index in [4.69, 9.17) is 10.2 Å². The lowest BCUT2D eigenvalue weighted by molar-refractivity contribution is 0.256. The van der Waals surface area contributed by atoms with Crippen LogP contribution in [0, 0.1) is 11.3 Å². The maximum atomic E-state index is 12.9. The van der Waals surface area contributed by atoms with Gasteiger partial charge in [0.2, 0.25) is 0 Å². The third kappa shape index (κ3) is 3.59. The number of nitrogens with one attached hydrogen (secondary N) is 2. The van der Waals surface area contributed by atoms with Crippen LogP contribution in [-0.2, 0) is 0 Å². The molecule has 2 amide bonds. The molecule has 0 atom stereocenters. The van der Waals surface area contributed by atoms with Gasteiger partial charge in [-0.3, -0.25) is 15.2 Å². The van der Waals surface area contributed by atoms with Crippen LogP contribution in [-0.4, -0.2) is 34.1 Å². The third-order valence-electron chi connectivity index (χ3n) is 4.31. The van der Waals surface area contributed by atoms with E-state index in [0.717, 1.165) is 24.2 Å². The van der Waals surface area contributed by atoms with Gasteiger partial charge in [0.25, 0.3) is 0 Å². The molecular formula is C20H17N7O. The molecule has 0 aromatic carbocycles. The van der Waals surface area contributed by atoms with Crippen molar-refractivity contribution < 1.29 is 4.79 Å². The minimum absolute atomic E-state index is 0.294. The fourth-order valence-corrected chi connectivity index (χ4v) is 2.97. The third-order valence-corrected chi connectivity index (χ3v) is 4.31. The van der Waals surface area contributed by atoms with Gasteiger partial charge in [0, 0.05) is 37.2 Å². The zero-order valence-electron chi connectivity index (χ0n) is 15.0. The zero-order valence-corrected chi connectivity index (χ0v) is 15.0. The van der Waals surface area contributed by atoms with Crippen molar-refractivity contribution in [1.29, 1.82) is 5.26 Å². The molecule has 2 N–H and O–H groups in total. The highest BCUT2D eigenvalue weighted by Crippen LogP contribution is 2.30. The van der Waals surface area contributed by atoms with Crippen molar-refractivity contribution in [3.05, 3.63) is 60.6 Å². The molecule has 4 heterocycles. The molecule has 8 heteroatoms. The van der Waals surface area contributed by atoms with Crippen LogP contribution in [0.4, 0.5) is 22.1 Å². The van der Waals surface area contributed by atoms with E-state index in [1.807, 2.05) is 18.2 Å². The second kappa shape index (κ2) is 7.72. The molecule has 0 spiro atoms. The number of aromatic nitrogens is 3. The summed E-state index contributed by atoms with van der Waals surface area (Å²) >= 11 is 0. The number of carbonyl (C=O) groups excluding carboxylic acids is 1. The standard InChI is InChI=1S/C20H17N7O/c21-11-14-10-15(13-22-12-14)16-5-6-17-19(25-16)27(9-3-8-23-17)20(28)26-18-4-1-2-7-24-18/h1-2,4-7,10,12-13,23H,3,8-9H2,(H,24,26,28). The van der Waals surface area contributed by atoms with E-state index in [1.165, 1.54) is 6.20 Å². The van der Waals surface area contributed by atoms with E-state index in [-0.39, 0.29) is 6.03 Å². The van der Waals surface area contributed by atoms with E-state index < -0.39 is 0 Å². The van der Waals surface area contributed by atoms with Gasteiger partial charge in [-0.05, 0) is 36.8 Å². The van der Waals surface area contributed by atoms with Gasteiger partial charge in [0.05, 0.1) is 16.9 Å². The van der Waals surface area contributed by atoms with Gasteiger partial charge < -0.3 is 5.32 Å². The zero-order chi connectivity index (χ0) is 19.3. The number of carbonyl (C=O) groups is 1. The summed E-state index contributed by atoms with van der Waals surface area (Å²) in [4.78, 5) is 27.4. The van der Waals surface area contributed by atoms with E-state index in [2.05, 4.69) is 26.7 Å². The Bertz CT molecular complexity index is 1050. The number of fused-ring (bicyclic) bond motifs is 1. The maximum absolute atomic E-state index is 12.9. The summed E-state index contributed by atoms with van der Waals surface area (Å²) in [6, 6.07) is 12.6. The minimum atomic E-state index is -0.294. The molecule has 3 aromatic heterocycles. The Kier molecular flexibility index (Phi) is 4.80. The number of hydrogen-bond donors (Lipinski definition) is 2. The van der Waals surface area contributed by atoms with Crippen LogP contribution < -0.4 is 15.5 Å². The molecule has 8 nitrogen and oxygen atoms in total. The second-order valence-corrected chi connectivity index (χ2v) is 6.22. The fourth-order valence-electron chi connectivity index (χ4n) is 2.97. The molecule has 138 valence electrons. The molecule has 1 aliphatic heterocycles. The van der Waals surface area contributed by atoms with E-state index >= 15 is 0 Å². The van der Waals surface area contributed by atoms with Crippen molar-refractivity contribution in [1.82, 2.24) is 15.0 Å². The first-order chi connectivity index (χ1) is 13.7. The molecule has 0 fully saturated rings. The highest BCUT2D eigenvalue weighted by Gasteiger charge is 2.23. The summed E-state index contributed by atoms with van der Waals surface area (Å²) in [6.45, 7) is 1.26. The van der Waals surface area contributed by atoms with E-state index in [9.17, 15) is 4.79 Å². The average Bonchev–Trinajstić information content (AvgIpc) is 2.96. The highest BCUT2D eigenvalue weighted by atomic mass is 16.2. The number of hydrogen-bond acceptors (Lipinski definition) is 6. The molecule has 0 saturated heterocycles. The van der Waals surface area contributed by atoms with Crippen LogP contribution in [0.15, 0.2) is 55.0 Å². The number of nitrogens with zero attached hydrogens (tertiary/aromatic N) is 5. The molecule has 28 heavy (non-hydrogen) atoms. The molecule has 0 bridgehead atoms. The Morgan fingerprint density at radius 1 is 1.25 bits per heavy atom. The summed E-state index contributed by atoms with van der Waals surface area (Å²) in [6.07, 6.45) is 5.56. The molecule has 0 radical (unpaired) electrons. The number of amides is 2. The summed E-state index contributed by atoms with van der Waals surface area (Å²) in [7, 11) is 0. The smallest absolute Gasteiger partial charge is 0.328 e. The molecule has 3 aromatic rings. The highest BCUT2D eigenvalue weighted by molar-refractivity contribution is 6.02. The van der Waals surface area contributed by atoms with Gasteiger partial charge in [-0.1, -0.05) is 6.07 Å². The maximum Gasteiger partial charge on any atom is 0.328 e. The van der Waals surface area contributed by atoms with Gasteiger partial charge >= 0.3 is 6.03 Å². The second-order valence-electron chi connectivity index (χ2n) is 6.22. The Morgan fingerprint density at radius 2 is 2.18 bits per heavy atom. The number of nitriles is 1. The van der Waals surface area contributed by atoms with Crippen LogP contribution in [0.2, 0.25) is 0 Å². The van der Waals surface area contributed by atoms with Crippen molar-refractivity contribution >= 4 is 23.4 Å². The molecule has 0 aliphatic carbocycles. The largest absolute Gasteiger partial charge is 0.382 e. The van der Waals surface area contributed by atoms with Crippen molar-refractivity contribution in [2.24, 2.45) is 0 Å². The van der Waals surface area contributed by atoms with Gasteiger partial charge in [-0.15, -0.1) is 0 Å². The Morgan fingerprint density at radius 3 is 3.00 bits per heavy atom. The van der Waals surface area contributed by atoms with Gasteiger partial charge in [-0.25, -0.2) is 14.8 Å². The van der Waals surface area contributed by atoms with Crippen LogP contribution in [0.25, 0.3) is 11.3 Å². The molecular weight excluding hydrogens is 354 g/mol. The lowest BCUT2D eigenvalue weighted by atomic mass is 10.1. The first-order valence-corrected chi connectivity index (χ1v) is 8.84. The Labute approximate surface area is 161 Å². The topological polar surface area (TPSA) is 107 Å². The summed E-state index contributed by atoms with van der Waals surface area (Å²) in [5, 5.41) is 15.2. The van der Waals surface area contributed by atoms with Gasteiger partial charge in [0.1, 0.15) is 11.9 Å². The van der Waals surface area contributed by atoms with Crippen LogP contribution in [0.3, 0.4) is 0 Å². The molecule has 0 saturated carbocycles. The van der Waals surface area contributed by atoms with E-state index in [0.29, 0.717) is 29.4 Å². The first-order valence-electron chi connectivity index (χ1n) is 8.84. The Balaban J connectivity index is 1.69. The number of anilines is 3. The van der Waals surface area contributed by atoms with Gasteiger partial charge in [0.15, 0.2) is 5.82 Å². The minimum Gasteiger partial charge on any atom is -0.382 e. The van der Waals surface area contributed by atoms with Crippen molar-refractivity contribution in [2.45, 2.75) is 6.42 Å². The van der Waals surface area contributed by atoms with Crippen molar-refractivity contribution in [2.75, 3.05) is 28.6 Å². The molecule has 0 unspecified atom stereocenters. The fraction of sp³-hybridized carbons (Fsp3) is 0.150. The summed E-state index contributed by atoms with van der Waals surface area (Å²) in [5.74, 6) is 1.01. The Hall–Kier alpha value is -3.99. The van der Waals surface area contributed by atoms with Gasteiger partial charge in [-0.2, -0.15) is 5.26 Å². The van der Waals surface area contributed by atoms with E-state index in [1.54, 1.807) is 35.5 Å². The monoisotopic (exact) mass is 371 g/mol. The molecule has 1 aliphatic rings. The molecule has 4 rings (SSSR count). The van der Waals surface area contributed by atoms with Crippen LogP contribution >= 0.6 is 0 Å². The van der Waals surface area contributed by atoms with Crippen molar-refractivity contribution in [3.8, 4) is 17.3 Å². The quantitative estimate of drug-likeness (QED) is 0.716. The number of rotatable bonds is 2. The first kappa shape index (κ1) is 17.4. The predicted molar refractivity (Wildman–Crippen MR) is 106 cm³/mol. The predicted octanol–water partition coefficient (Wildman–Crippen LogP) is 3.26. The van der Waals surface area contributed by atoms with Crippen molar-refractivity contribution in [3.63, 3.8) is 0 Å². The number of pyridine rings is 3. The SMILES string of the molecule is N#Cc1cncc(-c2ccc3c(n2)N(C(=O)Nc2ccccn2)CCCN3)c1. The lowest BCUT2D eigenvalue weighted by Gasteiger charge is -2.22. The summed E-state index contributed by atoms with van der Waals surface area (Å²) in [5.41, 5.74) is 2.60.